The van der Waals surface area contributed by atoms with Crippen LogP contribution in [-0.4, -0.2) is 53.5 Å². The predicted molar refractivity (Wildman–Crippen MR) is 118 cm³/mol. The molecule has 10 heteroatoms. The number of non-ortho nitro benzene ring substituents is 1. The number of hydrogen-bond acceptors (Lipinski definition) is 6. The maximum absolute atomic E-state index is 12.5. The minimum atomic E-state index is -0.710. The number of piperidine rings is 1. The number of Topliss-reactive ketones (excluding diaryl/α,β-unsaturated/α-hetero) is 1. The third-order valence-electron chi connectivity index (χ3n) is 5.42. The van der Waals surface area contributed by atoms with E-state index in [1.807, 2.05) is 0 Å². The number of carbonyl (C=O) groups is 3. The largest absolute Gasteiger partial charge is 0.345 e. The van der Waals surface area contributed by atoms with Crippen LogP contribution in [0.2, 0.25) is 0 Å². The van der Waals surface area contributed by atoms with E-state index in [4.69, 9.17) is 0 Å². The van der Waals surface area contributed by atoms with Gasteiger partial charge in [0.25, 0.3) is 11.5 Å². The zero-order valence-electron chi connectivity index (χ0n) is 17.2. The minimum Gasteiger partial charge on any atom is -0.306 e. The highest BCUT2D eigenvalue weighted by molar-refractivity contribution is 6.52. The van der Waals surface area contributed by atoms with Gasteiger partial charge in [-0.15, -0.1) is 0 Å². The summed E-state index contributed by atoms with van der Waals surface area (Å²) in [6.07, 6.45) is 4.53. The summed E-state index contributed by atoms with van der Waals surface area (Å²) in [6.45, 7) is 2.16. The Balaban J connectivity index is 1.45. The number of nitrogens with one attached hydrogen (secondary N) is 1. The molecule has 0 bridgehead atoms. The average molecular weight is 435 g/mol. The molecule has 164 valence electrons. The quantitative estimate of drug-likeness (QED) is 0.333. The van der Waals surface area contributed by atoms with E-state index in [9.17, 15) is 24.5 Å². The first-order valence-electron chi connectivity index (χ1n) is 10.2. The Morgan fingerprint density at radius 1 is 1.12 bits per heavy atom. The van der Waals surface area contributed by atoms with Crippen LogP contribution in [0.1, 0.15) is 35.2 Å². The second-order valence-electron chi connectivity index (χ2n) is 7.65. The number of amides is 3. The fraction of sp³-hybridized carbons (Fsp3) is 0.273. The number of carbonyl (C=O) groups excluding carboxylic acids is 3. The summed E-state index contributed by atoms with van der Waals surface area (Å²) in [5, 5.41) is 13.4. The van der Waals surface area contributed by atoms with Gasteiger partial charge in [-0.3, -0.25) is 29.5 Å². The van der Waals surface area contributed by atoms with Crippen LogP contribution in [0.25, 0.3) is 0 Å². The molecular formula is C22H21N5O5. The van der Waals surface area contributed by atoms with Crippen molar-refractivity contribution in [2.45, 2.75) is 19.3 Å². The maximum atomic E-state index is 12.5. The molecule has 32 heavy (non-hydrogen) atoms. The lowest BCUT2D eigenvalue weighted by atomic mass is 10.1. The van der Waals surface area contributed by atoms with Crippen LogP contribution < -0.4 is 10.2 Å². The van der Waals surface area contributed by atoms with Crippen molar-refractivity contribution in [1.29, 1.82) is 0 Å². The average Bonchev–Trinajstić information content (AvgIpc) is 3.03. The molecule has 0 unspecified atom stereocenters. The summed E-state index contributed by atoms with van der Waals surface area (Å²) in [5.74, 6) is -1.18. The number of nitrogens with zero attached hydrogens (tertiary/aromatic N) is 4. The first kappa shape index (κ1) is 21.3. The molecule has 0 spiro atoms. The SMILES string of the molecule is O=C(/N=C/c1cccc([N+](=O)[O-])c1)Nc1ccc2c(c1)C(=O)C(=O)N2CN1CCCCC1. The molecule has 4 rings (SSSR count). The zero-order chi connectivity index (χ0) is 22.7. The molecular weight excluding hydrogens is 414 g/mol. The zero-order valence-corrected chi connectivity index (χ0v) is 17.2. The number of aliphatic imine (C=N–C) groups is 1. The first-order chi connectivity index (χ1) is 15.4. The molecule has 2 aromatic rings. The Labute approximate surface area is 183 Å². The van der Waals surface area contributed by atoms with Gasteiger partial charge in [0.05, 0.1) is 22.8 Å². The summed E-state index contributed by atoms with van der Waals surface area (Å²) in [5.41, 5.74) is 1.39. The van der Waals surface area contributed by atoms with E-state index < -0.39 is 22.6 Å². The fourth-order valence-electron chi connectivity index (χ4n) is 3.83. The van der Waals surface area contributed by atoms with Crippen molar-refractivity contribution in [3.05, 3.63) is 63.7 Å². The predicted octanol–water partition coefficient (Wildman–Crippen LogP) is 3.22. The molecule has 1 N–H and O–H groups in total. The van der Waals surface area contributed by atoms with Crippen molar-refractivity contribution >= 4 is 41.0 Å². The minimum absolute atomic E-state index is 0.106. The molecule has 0 radical (unpaired) electrons. The Hall–Kier alpha value is -3.92. The Kier molecular flexibility index (Phi) is 6.04. The first-order valence-corrected chi connectivity index (χ1v) is 10.2. The lowest BCUT2D eigenvalue weighted by Gasteiger charge is -2.30. The maximum Gasteiger partial charge on any atom is 0.345 e. The smallest absolute Gasteiger partial charge is 0.306 e. The van der Waals surface area contributed by atoms with Crippen LogP contribution in [0.15, 0.2) is 47.5 Å². The number of likely N-dealkylation sites (tertiary alicyclic amines) is 1. The van der Waals surface area contributed by atoms with Gasteiger partial charge in [-0.05, 0) is 49.7 Å². The van der Waals surface area contributed by atoms with Crippen LogP contribution in [0.3, 0.4) is 0 Å². The standard InChI is InChI=1S/C22H21N5O5/c28-20-18-12-16(24-22(30)23-13-15-5-4-6-17(11-15)27(31)32)7-8-19(18)26(21(20)29)14-25-9-2-1-3-10-25/h4-8,11-13H,1-3,9-10,14H2,(H,24,30)/b23-13+. The van der Waals surface area contributed by atoms with Gasteiger partial charge in [-0.25, -0.2) is 9.79 Å². The van der Waals surface area contributed by atoms with Crippen molar-refractivity contribution in [3.8, 4) is 0 Å². The van der Waals surface area contributed by atoms with Gasteiger partial charge in [-0.1, -0.05) is 18.6 Å². The van der Waals surface area contributed by atoms with Gasteiger partial charge in [0, 0.05) is 24.0 Å². The van der Waals surface area contributed by atoms with E-state index in [0.29, 0.717) is 23.6 Å². The summed E-state index contributed by atoms with van der Waals surface area (Å²) in [7, 11) is 0. The Morgan fingerprint density at radius 2 is 1.91 bits per heavy atom. The number of benzene rings is 2. The highest BCUT2D eigenvalue weighted by Crippen LogP contribution is 2.32. The third kappa shape index (κ3) is 4.54. The Bertz CT molecular complexity index is 1120. The molecule has 2 aliphatic heterocycles. The van der Waals surface area contributed by atoms with Crippen LogP contribution in [0, 0.1) is 10.1 Å². The highest BCUT2D eigenvalue weighted by atomic mass is 16.6. The number of nitro groups is 1. The van der Waals surface area contributed by atoms with Crippen LogP contribution in [-0.2, 0) is 4.79 Å². The van der Waals surface area contributed by atoms with E-state index in [2.05, 4.69) is 15.2 Å². The van der Waals surface area contributed by atoms with Gasteiger partial charge in [-0.2, -0.15) is 0 Å². The monoisotopic (exact) mass is 435 g/mol. The lowest BCUT2D eigenvalue weighted by molar-refractivity contribution is -0.384. The summed E-state index contributed by atoms with van der Waals surface area (Å²) in [4.78, 5) is 54.8. The van der Waals surface area contributed by atoms with Crippen molar-refractivity contribution < 1.29 is 19.3 Å². The molecule has 2 aliphatic rings. The van der Waals surface area contributed by atoms with Gasteiger partial charge >= 0.3 is 11.9 Å². The summed E-state index contributed by atoms with van der Waals surface area (Å²) in [6, 6.07) is 9.72. The number of rotatable bonds is 5. The van der Waals surface area contributed by atoms with Gasteiger partial charge in [0.15, 0.2) is 0 Å². The fourth-order valence-corrected chi connectivity index (χ4v) is 3.83. The molecule has 0 aliphatic carbocycles. The van der Waals surface area contributed by atoms with E-state index >= 15 is 0 Å². The lowest BCUT2D eigenvalue weighted by Crippen LogP contribution is -2.43. The molecule has 0 aromatic heterocycles. The van der Waals surface area contributed by atoms with Crippen molar-refractivity contribution in [1.82, 2.24) is 4.90 Å². The molecule has 3 amide bonds. The molecule has 0 atom stereocenters. The molecule has 1 saturated heterocycles. The van der Waals surface area contributed by atoms with E-state index in [1.54, 1.807) is 18.2 Å². The second-order valence-corrected chi connectivity index (χ2v) is 7.65. The number of nitro benzene ring substituents is 1. The molecule has 2 aromatic carbocycles. The van der Waals surface area contributed by atoms with Crippen molar-refractivity contribution in [2.75, 3.05) is 30.0 Å². The van der Waals surface area contributed by atoms with Crippen LogP contribution in [0.4, 0.5) is 21.9 Å². The van der Waals surface area contributed by atoms with Gasteiger partial charge in [0.1, 0.15) is 0 Å². The number of hydrogen-bond donors (Lipinski definition) is 1. The second kappa shape index (κ2) is 9.06. The Morgan fingerprint density at radius 3 is 2.66 bits per heavy atom. The van der Waals surface area contributed by atoms with Crippen molar-refractivity contribution in [3.63, 3.8) is 0 Å². The summed E-state index contributed by atoms with van der Waals surface area (Å²) < 4.78 is 0. The molecule has 0 saturated carbocycles. The summed E-state index contributed by atoms with van der Waals surface area (Å²) >= 11 is 0. The van der Waals surface area contributed by atoms with Gasteiger partial charge < -0.3 is 5.32 Å². The number of anilines is 2. The molecule has 1 fully saturated rings. The van der Waals surface area contributed by atoms with E-state index in [-0.39, 0.29) is 11.3 Å². The molecule has 10 nitrogen and oxygen atoms in total. The van der Waals surface area contributed by atoms with Crippen LogP contribution in [0.5, 0.6) is 0 Å². The van der Waals surface area contributed by atoms with Crippen molar-refractivity contribution in [2.24, 2.45) is 4.99 Å². The topological polar surface area (TPSA) is 125 Å². The normalized spacial score (nSPS) is 16.4. The third-order valence-corrected chi connectivity index (χ3v) is 5.42. The van der Waals surface area contributed by atoms with E-state index in [0.717, 1.165) is 25.9 Å². The number of fused-ring (bicyclic) bond motifs is 1. The number of ketones is 1. The van der Waals surface area contributed by atoms with E-state index in [1.165, 1.54) is 41.8 Å². The number of urea groups is 1. The highest BCUT2D eigenvalue weighted by Gasteiger charge is 2.37. The molecule has 2 heterocycles. The van der Waals surface area contributed by atoms with Gasteiger partial charge in [0.2, 0.25) is 0 Å². The van der Waals surface area contributed by atoms with Crippen LogP contribution >= 0.6 is 0 Å².